The minimum Gasteiger partial charge on any atom is -0.393 e. The largest absolute Gasteiger partial charge is 0.393 e. The first-order valence-corrected chi connectivity index (χ1v) is 15.1. The first-order chi connectivity index (χ1) is 17.5. The predicted molar refractivity (Wildman–Crippen MR) is 141 cm³/mol. The number of nitrogens with zero attached hydrogens (tertiary/aromatic N) is 1. The van der Waals surface area contributed by atoms with Gasteiger partial charge in [-0.15, -0.1) is 11.3 Å². The van der Waals surface area contributed by atoms with E-state index in [0.717, 1.165) is 62.4 Å². The van der Waals surface area contributed by atoms with E-state index in [-0.39, 0.29) is 34.5 Å². The van der Waals surface area contributed by atoms with E-state index in [0.29, 0.717) is 40.7 Å². The molecule has 0 saturated heterocycles. The molecule has 7 heteroatoms. The molecule has 1 aromatic carbocycles. The first kappa shape index (κ1) is 26.1. The van der Waals surface area contributed by atoms with Crippen LogP contribution in [0.1, 0.15) is 77.1 Å². The molecular formula is C30H41F2NO3S. The molecule has 1 aromatic heterocycles. The molecule has 4 saturated carbocycles. The van der Waals surface area contributed by atoms with E-state index in [1.54, 1.807) is 6.07 Å². The van der Waals surface area contributed by atoms with Crippen LogP contribution in [-0.2, 0) is 6.42 Å². The zero-order valence-electron chi connectivity index (χ0n) is 22.2. The molecule has 11 atom stereocenters. The van der Waals surface area contributed by atoms with Gasteiger partial charge in [-0.25, -0.2) is 13.8 Å². The van der Waals surface area contributed by atoms with Crippen molar-refractivity contribution in [3.8, 4) is 0 Å². The number of aryl methyl sites for hydroxylation is 1. The van der Waals surface area contributed by atoms with Crippen LogP contribution in [0.4, 0.5) is 8.78 Å². The zero-order chi connectivity index (χ0) is 26.3. The number of hydrogen-bond donors (Lipinski definition) is 3. The van der Waals surface area contributed by atoms with Crippen LogP contribution >= 0.6 is 11.3 Å². The molecule has 2 aromatic rings. The van der Waals surface area contributed by atoms with E-state index in [1.165, 1.54) is 11.3 Å². The van der Waals surface area contributed by atoms with Gasteiger partial charge in [0.1, 0.15) is 5.52 Å². The zero-order valence-corrected chi connectivity index (χ0v) is 23.0. The smallest absolute Gasteiger partial charge is 0.185 e. The second-order valence-electron chi connectivity index (χ2n) is 13.4. The van der Waals surface area contributed by atoms with Crippen molar-refractivity contribution < 1.29 is 24.1 Å². The molecule has 0 amide bonds. The lowest BCUT2D eigenvalue weighted by atomic mass is 9.43. The number of fused-ring (bicyclic) bond motifs is 6. The lowest BCUT2D eigenvalue weighted by molar-refractivity contribution is -0.207. The lowest BCUT2D eigenvalue weighted by Gasteiger charge is -2.63. The molecule has 37 heavy (non-hydrogen) atoms. The van der Waals surface area contributed by atoms with Crippen LogP contribution in [0.25, 0.3) is 10.2 Å². The molecule has 0 radical (unpaired) electrons. The maximum Gasteiger partial charge on any atom is 0.185 e. The minimum absolute atomic E-state index is 0.0801. The SMILES string of the molecule is CC(CCc1nc2c(F)c(F)ccc2s1)[C@H]1CC[C@H]2[C@@H]3[C@H](O)C[C@@H]4C[C@H](O)CC[C@]4(C)[C@H]3C[C@H](O)[C@]12C. The third-order valence-electron chi connectivity index (χ3n) is 11.8. The molecule has 6 rings (SSSR count). The summed E-state index contributed by atoms with van der Waals surface area (Å²) in [6.07, 6.45) is 6.76. The normalized spacial score (nSPS) is 44.3. The number of halogens is 2. The van der Waals surface area contributed by atoms with Gasteiger partial charge >= 0.3 is 0 Å². The highest BCUT2D eigenvalue weighted by atomic mass is 32.1. The van der Waals surface area contributed by atoms with Crippen LogP contribution in [0.15, 0.2) is 12.1 Å². The summed E-state index contributed by atoms with van der Waals surface area (Å²) in [5.41, 5.74) is -0.0268. The number of aromatic nitrogens is 1. The number of aliphatic hydroxyl groups is 3. The maximum absolute atomic E-state index is 14.2. The summed E-state index contributed by atoms with van der Waals surface area (Å²) in [6.45, 7) is 6.90. The molecule has 4 aliphatic rings. The molecule has 0 bridgehead atoms. The molecule has 4 fully saturated rings. The fraction of sp³-hybridized carbons (Fsp3) is 0.767. The molecule has 204 valence electrons. The Morgan fingerprint density at radius 2 is 1.84 bits per heavy atom. The fourth-order valence-corrected chi connectivity index (χ4v) is 10.8. The summed E-state index contributed by atoms with van der Waals surface area (Å²) in [5.74, 6) is 0.111. The lowest BCUT2D eigenvalue weighted by Crippen LogP contribution is -2.62. The molecule has 1 unspecified atom stereocenters. The van der Waals surface area contributed by atoms with Crippen molar-refractivity contribution in [1.29, 1.82) is 0 Å². The number of rotatable bonds is 4. The first-order valence-electron chi connectivity index (χ1n) is 14.3. The molecular weight excluding hydrogens is 492 g/mol. The van der Waals surface area contributed by atoms with Crippen LogP contribution in [0.3, 0.4) is 0 Å². The maximum atomic E-state index is 14.2. The van der Waals surface area contributed by atoms with Gasteiger partial charge < -0.3 is 15.3 Å². The Bertz CT molecular complexity index is 1170. The van der Waals surface area contributed by atoms with Crippen molar-refractivity contribution in [1.82, 2.24) is 4.98 Å². The predicted octanol–water partition coefficient (Wildman–Crippen LogP) is 6.10. The van der Waals surface area contributed by atoms with Gasteiger partial charge in [-0.05, 0) is 116 Å². The van der Waals surface area contributed by atoms with Crippen molar-refractivity contribution in [2.45, 2.75) is 96.9 Å². The van der Waals surface area contributed by atoms with E-state index in [4.69, 9.17) is 0 Å². The highest BCUT2D eigenvalue weighted by Crippen LogP contribution is 2.68. The monoisotopic (exact) mass is 533 g/mol. The van der Waals surface area contributed by atoms with Gasteiger partial charge in [-0.3, -0.25) is 0 Å². The van der Waals surface area contributed by atoms with Crippen LogP contribution in [0.5, 0.6) is 0 Å². The molecule has 0 spiro atoms. The number of benzene rings is 1. The Morgan fingerprint density at radius 3 is 2.62 bits per heavy atom. The highest BCUT2D eigenvalue weighted by Gasteiger charge is 2.65. The average Bonchev–Trinajstić information content (AvgIpc) is 3.44. The van der Waals surface area contributed by atoms with Gasteiger partial charge in [0.2, 0.25) is 0 Å². The third-order valence-corrected chi connectivity index (χ3v) is 12.9. The van der Waals surface area contributed by atoms with Crippen molar-refractivity contribution in [2.24, 2.45) is 46.3 Å². The van der Waals surface area contributed by atoms with Gasteiger partial charge in [0.15, 0.2) is 11.6 Å². The van der Waals surface area contributed by atoms with E-state index < -0.39 is 17.7 Å². The minimum atomic E-state index is -0.867. The van der Waals surface area contributed by atoms with Gasteiger partial charge in [0.25, 0.3) is 0 Å². The Labute approximate surface area is 222 Å². The van der Waals surface area contributed by atoms with Crippen molar-refractivity contribution in [3.05, 3.63) is 28.8 Å². The van der Waals surface area contributed by atoms with E-state index in [9.17, 15) is 24.1 Å². The molecule has 1 heterocycles. The summed E-state index contributed by atoms with van der Waals surface area (Å²) < 4.78 is 28.5. The van der Waals surface area contributed by atoms with E-state index in [2.05, 4.69) is 25.8 Å². The molecule has 4 aliphatic carbocycles. The van der Waals surface area contributed by atoms with Gasteiger partial charge in [0, 0.05) is 0 Å². The van der Waals surface area contributed by atoms with Gasteiger partial charge in [-0.1, -0.05) is 20.8 Å². The summed E-state index contributed by atoms with van der Waals surface area (Å²) in [7, 11) is 0. The number of thiazole rings is 1. The summed E-state index contributed by atoms with van der Waals surface area (Å²) >= 11 is 1.43. The quantitative estimate of drug-likeness (QED) is 0.444. The summed E-state index contributed by atoms with van der Waals surface area (Å²) in [4.78, 5) is 4.40. The second kappa shape index (κ2) is 9.21. The van der Waals surface area contributed by atoms with Crippen LogP contribution in [-0.4, -0.2) is 38.6 Å². The Kier molecular flexibility index (Phi) is 6.49. The summed E-state index contributed by atoms with van der Waals surface area (Å²) in [5, 5.41) is 34.4. The Balaban J connectivity index is 1.20. The van der Waals surface area contributed by atoms with E-state index >= 15 is 0 Å². The molecule has 3 N–H and O–H groups in total. The topological polar surface area (TPSA) is 73.6 Å². The Morgan fingerprint density at radius 1 is 1.05 bits per heavy atom. The summed E-state index contributed by atoms with van der Waals surface area (Å²) in [6, 6.07) is 2.76. The number of hydrogen-bond acceptors (Lipinski definition) is 5. The van der Waals surface area contributed by atoms with Crippen LogP contribution in [0, 0.1) is 58.0 Å². The fourth-order valence-electron chi connectivity index (χ4n) is 9.77. The van der Waals surface area contributed by atoms with Crippen molar-refractivity contribution >= 4 is 21.6 Å². The Hall–Kier alpha value is -1.15. The van der Waals surface area contributed by atoms with Crippen LogP contribution in [0.2, 0.25) is 0 Å². The average molecular weight is 534 g/mol. The number of aliphatic hydroxyl groups excluding tert-OH is 3. The van der Waals surface area contributed by atoms with Gasteiger partial charge in [0.05, 0.1) is 28.0 Å². The molecule has 0 aliphatic heterocycles. The van der Waals surface area contributed by atoms with E-state index in [1.807, 2.05) is 0 Å². The van der Waals surface area contributed by atoms with Crippen molar-refractivity contribution in [2.75, 3.05) is 0 Å². The van der Waals surface area contributed by atoms with Gasteiger partial charge in [-0.2, -0.15) is 0 Å². The molecule has 4 nitrogen and oxygen atoms in total. The van der Waals surface area contributed by atoms with Crippen molar-refractivity contribution in [3.63, 3.8) is 0 Å². The third kappa shape index (κ3) is 3.93. The second-order valence-corrected chi connectivity index (χ2v) is 14.5. The highest BCUT2D eigenvalue weighted by molar-refractivity contribution is 7.18. The standard InChI is InChI=1S/C30H41F2NO3S/c1-15(4-9-25-33-28-23(37-25)8-7-21(31)27(28)32)18-5-6-19-26-20(14-24(36)30(18,19)3)29(2)11-10-17(34)12-16(29)13-22(26)35/h7-8,15-20,22,24,26,34-36H,4-6,9-14H2,1-3H3/t15?,16-,17+,18+,19-,20-,22+,24-,26-,29-,30+/m0/s1. The van der Waals surface area contributed by atoms with Crippen LogP contribution < -0.4 is 0 Å².